The Morgan fingerprint density at radius 3 is 2.50 bits per heavy atom. The summed E-state index contributed by atoms with van der Waals surface area (Å²) in [4.78, 5) is 2.04. The Bertz CT molecular complexity index is 85.5. The van der Waals surface area contributed by atoms with Crippen molar-refractivity contribution in [2.24, 2.45) is 5.73 Å². The molecule has 0 radical (unpaired) electrons. The molecular formula is C4H8N2. The van der Waals surface area contributed by atoms with E-state index in [4.69, 9.17) is 5.73 Å². The first-order chi connectivity index (χ1) is 2.79. The minimum Gasteiger partial charge on any atom is -0.399 e. The molecule has 0 spiro atoms. The van der Waals surface area contributed by atoms with Crippen LogP contribution in [-0.2, 0) is 0 Å². The van der Waals surface area contributed by atoms with E-state index >= 15 is 0 Å². The summed E-state index contributed by atoms with van der Waals surface area (Å²) in [5, 5.41) is 0. The normalized spacial score (nSPS) is 19.5. The fraction of sp³-hybridized carbons (Fsp3) is 0.500. The van der Waals surface area contributed by atoms with Crippen molar-refractivity contribution in [1.29, 1.82) is 0 Å². The molecule has 0 bridgehead atoms. The molecule has 2 N–H and O–H groups in total. The van der Waals surface area contributed by atoms with Gasteiger partial charge in [-0.1, -0.05) is 0 Å². The minimum absolute atomic E-state index is 0.944. The van der Waals surface area contributed by atoms with Gasteiger partial charge in [-0.3, -0.25) is 0 Å². The minimum atomic E-state index is 0.944. The SMILES string of the molecule is CN1C=C(N)C1. The summed E-state index contributed by atoms with van der Waals surface area (Å²) >= 11 is 0. The molecule has 0 saturated carbocycles. The van der Waals surface area contributed by atoms with E-state index in [9.17, 15) is 0 Å². The second kappa shape index (κ2) is 0.899. The van der Waals surface area contributed by atoms with Crippen LogP contribution in [0.2, 0.25) is 0 Å². The van der Waals surface area contributed by atoms with E-state index in [0.717, 1.165) is 12.2 Å². The van der Waals surface area contributed by atoms with Crippen molar-refractivity contribution in [3.8, 4) is 0 Å². The van der Waals surface area contributed by atoms with Crippen LogP contribution in [0.15, 0.2) is 11.9 Å². The van der Waals surface area contributed by atoms with Crippen molar-refractivity contribution in [2.75, 3.05) is 13.6 Å². The molecule has 1 rings (SSSR count). The van der Waals surface area contributed by atoms with Crippen LogP contribution >= 0.6 is 0 Å². The molecule has 0 aromatic rings. The zero-order valence-electron chi connectivity index (χ0n) is 3.81. The van der Waals surface area contributed by atoms with E-state index < -0.39 is 0 Å². The average molecular weight is 84.1 g/mol. The summed E-state index contributed by atoms with van der Waals surface area (Å²) in [5.74, 6) is 0. The zero-order valence-corrected chi connectivity index (χ0v) is 3.81. The summed E-state index contributed by atoms with van der Waals surface area (Å²) in [5.41, 5.74) is 6.27. The molecule has 1 aliphatic heterocycles. The standard InChI is InChI=1S/C4H8N2/c1-6-2-4(5)3-6/h2H,3,5H2,1H3. The van der Waals surface area contributed by atoms with Gasteiger partial charge in [0.05, 0.1) is 6.54 Å². The van der Waals surface area contributed by atoms with Crippen molar-refractivity contribution in [3.05, 3.63) is 11.9 Å². The van der Waals surface area contributed by atoms with Gasteiger partial charge in [0.2, 0.25) is 0 Å². The van der Waals surface area contributed by atoms with Gasteiger partial charge >= 0.3 is 0 Å². The summed E-state index contributed by atoms with van der Waals surface area (Å²) in [6, 6.07) is 0. The Morgan fingerprint density at radius 1 is 2.00 bits per heavy atom. The van der Waals surface area contributed by atoms with E-state index in [1.54, 1.807) is 0 Å². The molecule has 0 amide bonds. The van der Waals surface area contributed by atoms with Gasteiger partial charge in [-0.15, -0.1) is 0 Å². The summed E-state index contributed by atoms with van der Waals surface area (Å²) in [6.45, 7) is 0.944. The fourth-order valence-corrected chi connectivity index (χ4v) is 0.545. The monoisotopic (exact) mass is 84.1 g/mol. The van der Waals surface area contributed by atoms with E-state index in [-0.39, 0.29) is 0 Å². The first-order valence-corrected chi connectivity index (χ1v) is 1.95. The number of likely N-dealkylation sites (N-methyl/N-ethyl adjacent to an activating group) is 1. The Labute approximate surface area is 37.2 Å². The van der Waals surface area contributed by atoms with Crippen LogP contribution in [0, 0.1) is 0 Å². The maximum absolute atomic E-state index is 5.29. The molecule has 2 heteroatoms. The molecule has 6 heavy (non-hydrogen) atoms. The summed E-state index contributed by atoms with van der Waals surface area (Å²) in [6.07, 6.45) is 1.92. The number of hydrogen-bond donors (Lipinski definition) is 1. The summed E-state index contributed by atoms with van der Waals surface area (Å²) < 4.78 is 0. The van der Waals surface area contributed by atoms with Gasteiger partial charge in [-0.05, 0) is 0 Å². The van der Waals surface area contributed by atoms with Crippen molar-refractivity contribution in [3.63, 3.8) is 0 Å². The molecule has 0 aliphatic carbocycles. The quantitative estimate of drug-likeness (QED) is 0.438. The maximum Gasteiger partial charge on any atom is 0.0581 e. The van der Waals surface area contributed by atoms with Crippen molar-refractivity contribution < 1.29 is 0 Å². The lowest BCUT2D eigenvalue weighted by atomic mass is 10.3. The number of nitrogens with zero attached hydrogens (tertiary/aromatic N) is 1. The van der Waals surface area contributed by atoms with Crippen LogP contribution < -0.4 is 5.73 Å². The van der Waals surface area contributed by atoms with E-state index in [0.29, 0.717) is 0 Å². The maximum atomic E-state index is 5.29. The molecule has 34 valence electrons. The first-order valence-electron chi connectivity index (χ1n) is 1.95. The topological polar surface area (TPSA) is 29.3 Å². The van der Waals surface area contributed by atoms with Gasteiger partial charge in [0, 0.05) is 18.9 Å². The molecule has 0 fully saturated rings. The predicted octanol–water partition coefficient (Wildman–Crippen LogP) is -0.268. The van der Waals surface area contributed by atoms with Crippen LogP contribution in [0.1, 0.15) is 0 Å². The molecule has 0 saturated heterocycles. The lowest BCUT2D eigenvalue weighted by Gasteiger charge is -2.23. The van der Waals surface area contributed by atoms with Gasteiger partial charge in [-0.25, -0.2) is 0 Å². The highest BCUT2D eigenvalue weighted by atomic mass is 15.1. The van der Waals surface area contributed by atoms with Crippen LogP contribution in [0.3, 0.4) is 0 Å². The van der Waals surface area contributed by atoms with Crippen LogP contribution in [0.5, 0.6) is 0 Å². The Kier molecular flexibility index (Phi) is 0.528. The molecular weight excluding hydrogens is 76.1 g/mol. The van der Waals surface area contributed by atoms with E-state index in [1.807, 2.05) is 18.1 Å². The average Bonchev–Trinajstić information content (AvgIpc) is 1.33. The summed E-state index contributed by atoms with van der Waals surface area (Å²) in [7, 11) is 2.00. The highest BCUT2D eigenvalue weighted by molar-refractivity contribution is 5.07. The molecule has 1 aliphatic rings. The molecule has 0 atom stereocenters. The lowest BCUT2D eigenvalue weighted by Crippen LogP contribution is -2.29. The van der Waals surface area contributed by atoms with Crippen LogP contribution in [0.25, 0.3) is 0 Å². The molecule has 0 aromatic heterocycles. The Balaban J connectivity index is 2.46. The second-order valence-electron chi connectivity index (χ2n) is 1.62. The zero-order chi connectivity index (χ0) is 4.57. The second-order valence-corrected chi connectivity index (χ2v) is 1.62. The third-order valence-electron chi connectivity index (χ3n) is 0.818. The molecule has 0 unspecified atom stereocenters. The fourth-order valence-electron chi connectivity index (χ4n) is 0.545. The van der Waals surface area contributed by atoms with Crippen molar-refractivity contribution in [1.82, 2.24) is 4.90 Å². The molecule has 1 heterocycles. The van der Waals surface area contributed by atoms with Gasteiger partial charge in [0.25, 0.3) is 0 Å². The van der Waals surface area contributed by atoms with Gasteiger partial charge < -0.3 is 10.6 Å². The van der Waals surface area contributed by atoms with Crippen molar-refractivity contribution in [2.45, 2.75) is 0 Å². The molecule has 2 nitrogen and oxygen atoms in total. The van der Waals surface area contributed by atoms with Crippen LogP contribution in [-0.4, -0.2) is 18.5 Å². The number of nitrogens with two attached hydrogens (primary N) is 1. The number of hydrogen-bond acceptors (Lipinski definition) is 2. The highest BCUT2D eigenvalue weighted by Gasteiger charge is 2.03. The van der Waals surface area contributed by atoms with Gasteiger partial charge in [-0.2, -0.15) is 0 Å². The van der Waals surface area contributed by atoms with E-state index in [2.05, 4.69) is 0 Å². The van der Waals surface area contributed by atoms with Crippen LogP contribution in [0.4, 0.5) is 0 Å². The lowest BCUT2D eigenvalue weighted by molar-refractivity contribution is 0.431. The Hall–Kier alpha value is -0.660. The van der Waals surface area contributed by atoms with Gasteiger partial charge in [0.1, 0.15) is 0 Å². The smallest absolute Gasteiger partial charge is 0.0581 e. The number of rotatable bonds is 0. The molecule has 0 aromatic carbocycles. The Morgan fingerprint density at radius 2 is 2.50 bits per heavy atom. The van der Waals surface area contributed by atoms with Gasteiger partial charge in [0.15, 0.2) is 0 Å². The largest absolute Gasteiger partial charge is 0.399 e. The van der Waals surface area contributed by atoms with Crippen molar-refractivity contribution >= 4 is 0 Å². The third kappa shape index (κ3) is 0.339. The first kappa shape index (κ1) is 3.53. The highest BCUT2D eigenvalue weighted by Crippen LogP contribution is 2.01. The predicted molar refractivity (Wildman–Crippen MR) is 24.9 cm³/mol. The van der Waals surface area contributed by atoms with E-state index in [1.165, 1.54) is 0 Å². The third-order valence-corrected chi connectivity index (χ3v) is 0.818.